The van der Waals surface area contributed by atoms with E-state index >= 15 is 0 Å². The van der Waals surface area contributed by atoms with Crippen LogP contribution in [0.1, 0.15) is 12.7 Å². The summed E-state index contributed by atoms with van der Waals surface area (Å²) in [6.07, 6.45) is 0. The van der Waals surface area contributed by atoms with Crippen molar-refractivity contribution >= 4 is 17.4 Å². The molecule has 1 aromatic carbocycles. The largest absolute Gasteiger partial charge is 0.437 e. The van der Waals surface area contributed by atoms with Crippen LogP contribution in [0, 0.1) is 0 Å². The molecule has 0 amide bonds. The fraction of sp³-hybridized carbons (Fsp3) is 0.231. The van der Waals surface area contributed by atoms with Gasteiger partial charge in [0.05, 0.1) is 5.02 Å². The predicted octanol–water partition coefficient (Wildman–Crippen LogP) is 3.04. The normalized spacial score (nSPS) is 10.4. The van der Waals surface area contributed by atoms with Crippen molar-refractivity contribution in [3.8, 4) is 11.6 Å². The first-order chi connectivity index (χ1) is 9.19. The van der Waals surface area contributed by atoms with Crippen LogP contribution >= 0.6 is 11.6 Å². The third kappa shape index (κ3) is 3.81. The molecule has 5 nitrogen and oxygen atoms in total. The average Bonchev–Trinajstić information content (AvgIpc) is 2.38. The fourth-order valence-electron chi connectivity index (χ4n) is 1.44. The van der Waals surface area contributed by atoms with Crippen LogP contribution < -0.4 is 10.5 Å². The summed E-state index contributed by atoms with van der Waals surface area (Å²) in [6.45, 7) is 2.77. The van der Waals surface area contributed by atoms with Gasteiger partial charge in [0.2, 0.25) is 5.88 Å². The number of anilines is 1. The zero-order valence-corrected chi connectivity index (χ0v) is 11.2. The Hall–Kier alpha value is -1.85. The third-order valence-corrected chi connectivity index (χ3v) is 2.57. The van der Waals surface area contributed by atoms with Crippen LogP contribution in [0.4, 0.5) is 5.82 Å². The van der Waals surface area contributed by atoms with E-state index in [9.17, 15) is 0 Å². The number of nitrogens with zero attached hydrogens (tertiary/aromatic N) is 2. The maximum Gasteiger partial charge on any atom is 0.224 e. The summed E-state index contributed by atoms with van der Waals surface area (Å²) in [5.74, 6) is 1.66. The Labute approximate surface area is 116 Å². The summed E-state index contributed by atoms with van der Waals surface area (Å²) in [5, 5.41) is 0.506. The van der Waals surface area contributed by atoms with Crippen LogP contribution in [0.5, 0.6) is 11.6 Å². The molecule has 0 bridgehead atoms. The molecule has 0 spiro atoms. The number of aromatic nitrogens is 2. The molecule has 0 fully saturated rings. The van der Waals surface area contributed by atoms with Gasteiger partial charge in [-0.1, -0.05) is 23.7 Å². The molecule has 2 aromatic rings. The van der Waals surface area contributed by atoms with Crippen molar-refractivity contribution < 1.29 is 9.47 Å². The molecule has 0 aliphatic carbocycles. The van der Waals surface area contributed by atoms with Crippen molar-refractivity contribution in [2.24, 2.45) is 0 Å². The highest BCUT2D eigenvalue weighted by Crippen LogP contribution is 2.28. The molecule has 1 heterocycles. The summed E-state index contributed by atoms with van der Waals surface area (Å²) in [5.41, 5.74) is 5.70. The number of hydrogen-bond donors (Lipinski definition) is 1. The lowest BCUT2D eigenvalue weighted by Crippen LogP contribution is -2.03. The van der Waals surface area contributed by atoms with E-state index < -0.39 is 0 Å². The lowest BCUT2D eigenvalue weighted by Gasteiger charge is -2.08. The Morgan fingerprint density at radius 2 is 2.05 bits per heavy atom. The summed E-state index contributed by atoms with van der Waals surface area (Å²) in [4.78, 5) is 8.27. The Kier molecular flexibility index (Phi) is 4.54. The predicted molar refractivity (Wildman–Crippen MR) is 73.3 cm³/mol. The Morgan fingerprint density at radius 3 is 2.79 bits per heavy atom. The fourth-order valence-corrected chi connectivity index (χ4v) is 1.62. The molecule has 1 aromatic heterocycles. The van der Waals surface area contributed by atoms with Crippen LogP contribution in [0.25, 0.3) is 0 Å². The zero-order chi connectivity index (χ0) is 13.7. The number of halogens is 1. The minimum Gasteiger partial charge on any atom is -0.437 e. The molecule has 0 saturated heterocycles. The van der Waals surface area contributed by atoms with E-state index in [1.54, 1.807) is 18.2 Å². The van der Waals surface area contributed by atoms with Gasteiger partial charge in [0.1, 0.15) is 18.2 Å². The standard InChI is InChI=1S/C13H14ClN3O2/c1-2-18-8-12-16-11(15)7-13(17-12)19-10-6-4-3-5-9(10)14/h3-7H,2,8H2,1H3,(H2,15,16,17). The van der Waals surface area contributed by atoms with Gasteiger partial charge < -0.3 is 15.2 Å². The molecule has 0 unspecified atom stereocenters. The van der Waals surface area contributed by atoms with Crippen molar-refractivity contribution in [2.45, 2.75) is 13.5 Å². The Balaban J connectivity index is 2.20. The van der Waals surface area contributed by atoms with E-state index in [1.165, 1.54) is 0 Å². The smallest absolute Gasteiger partial charge is 0.224 e. The van der Waals surface area contributed by atoms with Crippen molar-refractivity contribution in [3.63, 3.8) is 0 Å². The highest BCUT2D eigenvalue weighted by molar-refractivity contribution is 6.32. The molecule has 0 saturated carbocycles. The first kappa shape index (κ1) is 13.6. The second-order valence-electron chi connectivity index (χ2n) is 3.72. The molecule has 6 heteroatoms. The SMILES string of the molecule is CCOCc1nc(N)cc(Oc2ccccc2Cl)n1. The number of ether oxygens (including phenoxy) is 2. The summed E-state index contributed by atoms with van der Waals surface area (Å²) in [6, 6.07) is 8.68. The number of rotatable bonds is 5. The molecule has 2 rings (SSSR count). The first-order valence-corrected chi connectivity index (χ1v) is 6.20. The van der Waals surface area contributed by atoms with Gasteiger partial charge in [-0.15, -0.1) is 0 Å². The number of para-hydroxylation sites is 1. The van der Waals surface area contributed by atoms with Gasteiger partial charge in [-0.3, -0.25) is 0 Å². The highest BCUT2D eigenvalue weighted by atomic mass is 35.5. The highest BCUT2D eigenvalue weighted by Gasteiger charge is 2.07. The molecular weight excluding hydrogens is 266 g/mol. The van der Waals surface area contributed by atoms with Crippen LogP contribution in [0.3, 0.4) is 0 Å². The lowest BCUT2D eigenvalue weighted by atomic mass is 10.3. The van der Waals surface area contributed by atoms with Crippen molar-refractivity contribution in [2.75, 3.05) is 12.3 Å². The zero-order valence-electron chi connectivity index (χ0n) is 10.5. The first-order valence-electron chi connectivity index (χ1n) is 5.82. The quantitative estimate of drug-likeness (QED) is 0.911. The van der Waals surface area contributed by atoms with Crippen LogP contribution in [-0.4, -0.2) is 16.6 Å². The second-order valence-corrected chi connectivity index (χ2v) is 4.12. The van der Waals surface area contributed by atoms with E-state index in [0.29, 0.717) is 41.5 Å². The van der Waals surface area contributed by atoms with Gasteiger partial charge in [-0.05, 0) is 19.1 Å². The minimum absolute atomic E-state index is 0.292. The minimum atomic E-state index is 0.292. The summed E-state index contributed by atoms with van der Waals surface area (Å²) in [7, 11) is 0. The maximum absolute atomic E-state index is 6.01. The molecule has 19 heavy (non-hydrogen) atoms. The van der Waals surface area contributed by atoms with Gasteiger partial charge in [-0.25, -0.2) is 4.98 Å². The van der Waals surface area contributed by atoms with E-state index in [4.69, 9.17) is 26.8 Å². The third-order valence-electron chi connectivity index (χ3n) is 2.26. The number of benzene rings is 1. The molecule has 2 N–H and O–H groups in total. The topological polar surface area (TPSA) is 70.3 Å². The number of nitrogens with two attached hydrogens (primary N) is 1. The summed E-state index contributed by atoms with van der Waals surface area (Å²) >= 11 is 6.01. The molecule has 100 valence electrons. The molecule has 0 aliphatic heterocycles. The van der Waals surface area contributed by atoms with Gasteiger partial charge in [0, 0.05) is 12.7 Å². The van der Waals surface area contributed by atoms with E-state index in [-0.39, 0.29) is 0 Å². The monoisotopic (exact) mass is 279 g/mol. The molecule has 0 aliphatic rings. The van der Waals surface area contributed by atoms with Gasteiger partial charge >= 0.3 is 0 Å². The van der Waals surface area contributed by atoms with Crippen LogP contribution in [0.15, 0.2) is 30.3 Å². The van der Waals surface area contributed by atoms with Gasteiger partial charge in [0.15, 0.2) is 5.82 Å². The Bertz CT molecular complexity index is 563. The molecule has 0 atom stereocenters. The van der Waals surface area contributed by atoms with Gasteiger partial charge in [-0.2, -0.15) is 4.98 Å². The second kappa shape index (κ2) is 6.36. The molecule has 0 radical (unpaired) electrons. The number of hydrogen-bond acceptors (Lipinski definition) is 5. The average molecular weight is 280 g/mol. The van der Waals surface area contributed by atoms with E-state index in [2.05, 4.69) is 9.97 Å². The maximum atomic E-state index is 6.01. The summed E-state index contributed by atoms with van der Waals surface area (Å²) < 4.78 is 10.8. The van der Waals surface area contributed by atoms with E-state index in [1.807, 2.05) is 19.1 Å². The van der Waals surface area contributed by atoms with Crippen molar-refractivity contribution in [1.82, 2.24) is 9.97 Å². The van der Waals surface area contributed by atoms with Crippen molar-refractivity contribution in [3.05, 3.63) is 41.2 Å². The van der Waals surface area contributed by atoms with Crippen LogP contribution in [-0.2, 0) is 11.3 Å². The Morgan fingerprint density at radius 1 is 1.26 bits per heavy atom. The van der Waals surface area contributed by atoms with Crippen LogP contribution in [0.2, 0.25) is 5.02 Å². The van der Waals surface area contributed by atoms with E-state index in [0.717, 1.165) is 0 Å². The van der Waals surface area contributed by atoms with Gasteiger partial charge in [0.25, 0.3) is 0 Å². The lowest BCUT2D eigenvalue weighted by molar-refractivity contribution is 0.128. The molecular formula is C13H14ClN3O2. The van der Waals surface area contributed by atoms with Crippen molar-refractivity contribution in [1.29, 1.82) is 0 Å². The number of nitrogen functional groups attached to an aromatic ring is 1.